The summed E-state index contributed by atoms with van der Waals surface area (Å²) in [6.07, 6.45) is 5.91. The van der Waals surface area contributed by atoms with E-state index in [9.17, 15) is 82.4 Å². The highest BCUT2D eigenvalue weighted by molar-refractivity contribution is 7.17. The highest BCUT2D eigenvalue weighted by Crippen LogP contribution is 2.20. The molecule has 41 nitrogen and oxygen atoms in total. The van der Waals surface area contributed by atoms with Crippen LogP contribution >= 0.6 is 23.2 Å². The standard InChI is InChI=1S/C13H13N3O3.C11H18N2O5.C9H12N2O4.C7H6ClN3O.C7H7N3O2.C6H12N2O2.C6H13N.C5H7ClO3.C5H8O3.C3H4.CH6N2.2CH4.B3.F2.FH.3H2/c1-8-11(17)10(13(19)16(2)15-8)12(18)14-9-6-4-3-5-7-9;1-5-17-10(15)7-9(14)13(4)12-8(3)11(16)18-6-2;1-4-15-9(14)6-7(12)5(2)10-11(3)8(6)13;1-4-6(8)5(3-9)7(12)11(2)10-4;1-4-6(11)5(3-8)7(12)10(2)9-4;1-4-10-6(9)5(2)8-7-3;7-6-4-2-1-3-5-6;1-2-9-5(8)3-4(6)7;1-3-8-5(7)4(2)6;2*1-3-2;;;1-3-2;1-2;;;;/h3-7,17H,1-2H3,(H,14,18);5-7H2,1-4H3;12H,4H2,1-3H3;1-2H3;11H,1-2H3;7H,4H2,1-3H3;6H,1-5,7H2;2-3H2,1H3;3H2,1-2H3;1-2H2;3H,2H2,1H3;2*1H4;;;4*1H/b;12-8-;;;;8-5-;;;;;;;;;;;;;/i;;;;;;;;;;;;;;;;2*1+1D;1+1. The van der Waals surface area contributed by atoms with Gasteiger partial charge in [-0.05, 0) is 127 Å². The van der Waals surface area contributed by atoms with Gasteiger partial charge in [-0.1, -0.05) is 77.1 Å². The van der Waals surface area contributed by atoms with Gasteiger partial charge < -0.3 is 60.2 Å². The number of aromatic hydroxyl groups is 3. The number of benzene rings is 1. The van der Waals surface area contributed by atoms with Crippen molar-refractivity contribution in [2.75, 3.05) is 66.1 Å². The molecule has 1 fully saturated rings. The third kappa shape index (κ3) is 58.3. The van der Waals surface area contributed by atoms with Crippen LogP contribution in [0, 0.1) is 50.4 Å². The Morgan fingerprint density at radius 2 is 0.976 bits per heavy atom. The molecule has 1 saturated carbocycles. The molecule has 1 aromatic carbocycles. The molecule has 2 amide bonds. The molecule has 0 spiro atoms. The average molecular weight is 1810 g/mol. The summed E-state index contributed by atoms with van der Waals surface area (Å²) in [5.41, 5.74) is 11.4. The summed E-state index contributed by atoms with van der Waals surface area (Å²) < 4.78 is 67.5. The van der Waals surface area contributed by atoms with Crippen molar-refractivity contribution in [3.8, 4) is 29.4 Å². The van der Waals surface area contributed by atoms with Crippen LogP contribution in [0.1, 0.15) is 184 Å². The number of ketones is 1. The highest BCUT2D eigenvalue weighted by Gasteiger charge is 2.23. The number of esters is 6. The molecular weight excluding hydrogens is 1680 g/mol. The van der Waals surface area contributed by atoms with Crippen molar-refractivity contribution in [1.29, 1.82) is 10.5 Å². The largest absolute Gasteiger partial charge is 0.505 e. The number of rotatable bonds is 18. The molecule has 0 bridgehead atoms. The van der Waals surface area contributed by atoms with Crippen molar-refractivity contribution < 1.29 is 113 Å². The molecule has 0 aliphatic heterocycles. The predicted octanol–water partition coefficient (Wildman–Crippen LogP) is 5.80. The van der Waals surface area contributed by atoms with Gasteiger partial charge in [-0.15, -0.1) is 5.73 Å². The van der Waals surface area contributed by atoms with Crippen molar-refractivity contribution >= 4 is 122 Å². The molecule has 5 aromatic rings. The molecule has 693 valence electrons. The Hall–Kier alpha value is -12.7. The van der Waals surface area contributed by atoms with E-state index < -0.39 is 92.8 Å². The quantitative estimate of drug-likeness (QED) is 0.00491. The van der Waals surface area contributed by atoms with Gasteiger partial charge >= 0.3 is 35.8 Å². The molecule has 0 unspecified atom stereocenters. The number of Topliss-reactive ketones (excluding diaryl/α,β-unsaturated/α-hetero) is 1. The topological polar surface area (TPSA) is 590 Å². The fraction of sp³-hybridized carbons (Fsp3) is 0.480. The minimum absolute atomic E-state index is 0. The first-order chi connectivity index (χ1) is 58.8. The Balaban J connectivity index is -0.000000106. The number of nitrogens with two attached hydrogens (primary N) is 2. The first-order valence-corrected chi connectivity index (χ1v) is 36.3. The smallest absolute Gasteiger partial charge is 0.374 e. The normalized spacial score (nSPS) is 10.1. The van der Waals surface area contributed by atoms with E-state index in [-0.39, 0.29) is 122 Å². The van der Waals surface area contributed by atoms with Crippen LogP contribution in [-0.4, -0.2) is 219 Å². The second-order valence-electron chi connectivity index (χ2n) is 22.4. The summed E-state index contributed by atoms with van der Waals surface area (Å²) in [6.45, 7) is 28.1. The van der Waals surface area contributed by atoms with E-state index in [0.29, 0.717) is 29.7 Å². The number of para-hydroxylation sites is 1. The summed E-state index contributed by atoms with van der Waals surface area (Å²) >= 11 is 10.5. The number of nitrogens with zero attached hydrogens (tertiary/aromatic N) is 13. The van der Waals surface area contributed by atoms with Crippen molar-refractivity contribution in [2.45, 2.75) is 156 Å². The molecule has 10 N–H and O–H groups in total. The van der Waals surface area contributed by atoms with E-state index in [1.54, 1.807) is 106 Å². The Morgan fingerprint density at radius 3 is 1.33 bits per heavy atom. The van der Waals surface area contributed by atoms with Crippen LogP contribution in [0.4, 0.5) is 19.5 Å². The summed E-state index contributed by atoms with van der Waals surface area (Å²) in [6, 6.07) is 12.6. The van der Waals surface area contributed by atoms with Crippen LogP contribution in [0.5, 0.6) is 17.2 Å². The fourth-order valence-electron chi connectivity index (χ4n) is 7.69. The number of nitrogens with one attached hydrogen (secondary N) is 3. The van der Waals surface area contributed by atoms with E-state index in [2.05, 4.69) is 111 Å². The Labute approximate surface area is 739 Å². The van der Waals surface area contributed by atoms with Gasteiger partial charge in [0.25, 0.3) is 34.1 Å². The Kier molecular flexibility index (Phi) is 80.7. The SMILES string of the molecule is C.C.C=C=C.CCOC(=O)/C(C)=N\NC.CCOC(=O)C(C)=O.CCOC(=O)CC(=O)Cl.CCOC(=O)CC(=O)N(C)/N=C(/C)C(=O)OCC.CCOC(=O)c1c(O)c(C)nn(C)c1=O.CNN.Cc1nn(C)c(=O)c(C#N)c1Cl.Cc1nn(C)c(=O)c(C#N)c1O.Cc1nn(C)c(=O)c(C(=O)Nc2ccccc2)c1O.F.FF.NC1CCCCC1.[2HH].[2H][2H].[2H][2H].[B][B][B]. The van der Waals surface area contributed by atoms with Crippen LogP contribution in [-0.2, 0) is 95.0 Å². The number of hydrogen-bond donors (Lipinski definition) is 8. The van der Waals surface area contributed by atoms with Crippen LogP contribution in [0.25, 0.3) is 0 Å². The van der Waals surface area contributed by atoms with E-state index in [0.717, 1.165) is 30.8 Å². The van der Waals surface area contributed by atoms with Gasteiger partial charge in [0.15, 0.2) is 33.9 Å². The van der Waals surface area contributed by atoms with Crippen molar-refractivity contribution in [1.82, 2.24) is 55.0 Å². The number of amides is 2. The van der Waals surface area contributed by atoms with E-state index >= 15 is 0 Å². The number of carbonyl (C=O) groups excluding carboxylic acids is 10. The molecule has 0 saturated heterocycles. The van der Waals surface area contributed by atoms with E-state index in [1.165, 1.54) is 102 Å². The summed E-state index contributed by atoms with van der Waals surface area (Å²) in [5.74, 6) is -2.08. The van der Waals surface area contributed by atoms with Gasteiger partial charge in [0.05, 0.1) is 50.4 Å². The van der Waals surface area contributed by atoms with Crippen molar-refractivity contribution in [3.63, 3.8) is 0 Å². The molecule has 4 aromatic heterocycles. The van der Waals surface area contributed by atoms with E-state index in [1.807, 2.05) is 6.07 Å². The number of halogens is 5. The van der Waals surface area contributed by atoms with Gasteiger partial charge in [0.2, 0.25) is 11.0 Å². The minimum atomic E-state index is -0.832. The number of ether oxygens (including phenoxy) is 6. The Bertz CT molecular complexity index is 4490. The summed E-state index contributed by atoms with van der Waals surface area (Å²) in [4.78, 5) is 154. The number of carbonyl (C=O) groups is 10. The number of aromatic nitrogens is 8. The maximum Gasteiger partial charge on any atom is 0.374 e. The minimum Gasteiger partial charge on any atom is -0.505 e. The molecule has 4 heterocycles. The zero-order valence-corrected chi connectivity index (χ0v) is 73.2. The molecule has 1 aliphatic rings. The third-order valence-corrected chi connectivity index (χ3v) is 13.5. The van der Waals surface area contributed by atoms with Gasteiger partial charge in [-0.2, -0.15) is 41.1 Å². The van der Waals surface area contributed by atoms with Crippen molar-refractivity contribution in [3.05, 3.63) is 141 Å². The zero-order chi connectivity index (χ0) is 99.4. The first kappa shape index (κ1) is 127. The molecule has 1 aliphatic carbocycles. The number of anilines is 1. The lowest BCUT2D eigenvalue weighted by molar-refractivity contribution is -0.152. The molecule has 5 radical (unpaired) electrons. The van der Waals surface area contributed by atoms with Crippen LogP contribution < -0.4 is 50.0 Å². The lowest BCUT2D eigenvalue weighted by Gasteiger charge is -2.15. The first-order valence-electron chi connectivity index (χ1n) is 37.5. The third-order valence-electron chi connectivity index (χ3n) is 13.0. The second kappa shape index (κ2) is 78.8. The highest BCUT2D eigenvalue weighted by atomic mass is 35.5. The van der Waals surface area contributed by atoms with Crippen LogP contribution in [0.15, 0.2) is 78.6 Å². The molecule has 49 heteroatoms. The maximum atomic E-state index is 12.0. The van der Waals surface area contributed by atoms with Gasteiger partial charge in [0, 0.05) is 100.0 Å². The zero-order valence-electron chi connectivity index (χ0n) is 75.7. The second-order valence-corrected chi connectivity index (χ2v) is 23.2. The van der Waals surface area contributed by atoms with Crippen LogP contribution in [0.3, 0.4) is 0 Å². The van der Waals surface area contributed by atoms with Crippen LogP contribution in [0.2, 0.25) is 5.02 Å². The number of aryl methyl sites for hydroxylation is 8. The van der Waals surface area contributed by atoms with Gasteiger partial charge in [-0.25, -0.2) is 42.9 Å². The number of hydrazine groups is 1. The summed E-state index contributed by atoms with van der Waals surface area (Å²) in [7, 11) is 20.4. The molecule has 6 rings (SSSR count). The monoisotopic (exact) mass is 1810 g/mol. The lowest BCUT2D eigenvalue weighted by Crippen LogP contribution is -2.30. The lowest BCUT2D eigenvalue weighted by atomic mass is 9.40. The predicted molar refractivity (Wildman–Crippen MR) is 469 cm³/mol. The fourth-order valence-corrected chi connectivity index (χ4v) is 7.96. The summed E-state index contributed by atoms with van der Waals surface area (Å²) in [5, 5.41) is 70.9. The maximum absolute atomic E-state index is 12.0. The number of hydrazone groups is 2. The number of hydrogen-bond acceptors (Lipinski definition) is 35. The Morgan fingerprint density at radius 1 is 0.629 bits per heavy atom. The molecule has 0 atom stereocenters. The molecular formula is C75H121B3Cl2F3N18O23. The van der Waals surface area contributed by atoms with E-state index in [4.69, 9.17) is 59.3 Å². The molecule has 124 heavy (non-hydrogen) atoms. The average Bonchev–Trinajstić information content (AvgIpc) is 0.838. The van der Waals surface area contributed by atoms with Gasteiger partial charge in [-0.3, -0.25) is 63.9 Å². The van der Waals surface area contributed by atoms with Crippen molar-refractivity contribution in [2.24, 2.45) is 50.0 Å². The number of nitriles is 2. The van der Waals surface area contributed by atoms with Gasteiger partial charge in [0.1, 0.15) is 59.0 Å².